The molecular formula is C51H98N2O6P+. The zero-order valence-electron chi connectivity index (χ0n) is 39.9. The van der Waals surface area contributed by atoms with Crippen molar-refractivity contribution in [1.82, 2.24) is 5.32 Å². The topological polar surface area (TPSA) is 105 Å². The second-order valence-electron chi connectivity index (χ2n) is 18.2. The smallest absolute Gasteiger partial charge is 0.387 e. The molecule has 0 saturated heterocycles. The van der Waals surface area contributed by atoms with E-state index in [2.05, 4.69) is 55.6 Å². The second-order valence-corrected chi connectivity index (χ2v) is 19.6. The van der Waals surface area contributed by atoms with Crippen LogP contribution in [-0.4, -0.2) is 73.4 Å². The molecule has 0 spiro atoms. The first-order valence-corrected chi connectivity index (χ1v) is 26.5. The van der Waals surface area contributed by atoms with Gasteiger partial charge in [0.05, 0.1) is 39.9 Å². The molecule has 352 valence electrons. The summed E-state index contributed by atoms with van der Waals surface area (Å²) in [6, 6.07) is -0.872. The van der Waals surface area contributed by atoms with Gasteiger partial charge in [-0.3, -0.25) is 13.8 Å². The van der Waals surface area contributed by atoms with E-state index < -0.39 is 20.0 Å². The number of carbonyl (C=O) groups excluding carboxylic acids is 1. The fourth-order valence-corrected chi connectivity index (χ4v) is 7.74. The minimum atomic E-state index is -4.35. The van der Waals surface area contributed by atoms with Crippen LogP contribution >= 0.6 is 7.82 Å². The highest BCUT2D eigenvalue weighted by atomic mass is 31.2. The third kappa shape index (κ3) is 44.5. The Morgan fingerprint density at radius 3 is 1.33 bits per heavy atom. The third-order valence-corrected chi connectivity index (χ3v) is 12.0. The van der Waals surface area contributed by atoms with E-state index in [1.165, 1.54) is 154 Å². The first kappa shape index (κ1) is 58.5. The molecule has 0 heterocycles. The van der Waals surface area contributed by atoms with E-state index in [-0.39, 0.29) is 19.1 Å². The number of amides is 1. The molecule has 0 aliphatic heterocycles. The molecular weight excluding hydrogens is 768 g/mol. The van der Waals surface area contributed by atoms with E-state index in [1.54, 1.807) is 6.08 Å². The molecule has 0 aliphatic carbocycles. The van der Waals surface area contributed by atoms with Gasteiger partial charge in [0.1, 0.15) is 13.2 Å². The maximum Gasteiger partial charge on any atom is 0.472 e. The first-order chi connectivity index (χ1) is 29.0. The van der Waals surface area contributed by atoms with Gasteiger partial charge in [-0.15, -0.1) is 0 Å². The first-order valence-electron chi connectivity index (χ1n) is 25.0. The largest absolute Gasteiger partial charge is 0.472 e. The maximum atomic E-state index is 12.9. The molecule has 0 saturated carbocycles. The minimum absolute atomic E-state index is 0.0520. The van der Waals surface area contributed by atoms with Crippen molar-refractivity contribution in [2.24, 2.45) is 0 Å². The molecule has 1 amide bonds. The standard InChI is InChI=1S/C51H97N2O6P/c1-6-8-10-12-14-16-18-20-22-24-26-27-28-30-32-34-36-38-40-42-44-50(54)49(48-59-60(56,57)58-47-46-53(3,4)5)52-51(55)45-43-41-39-37-35-33-31-29-25-23-21-19-17-15-13-11-9-7-2/h23,25,27-28,34,36,42,44,49-50,54H,6-22,24,26,29-33,35,37-41,43,45-48H2,1-5H3,(H-,52,55,56,57)/p+1/b25-23-,28-27+,36-34+,44-42+. The number of carbonyl (C=O) groups is 1. The molecule has 0 fully saturated rings. The lowest BCUT2D eigenvalue weighted by atomic mass is 10.1. The Morgan fingerprint density at radius 2 is 0.917 bits per heavy atom. The predicted octanol–water partition coefficient (Wildman–Crippen LogP) is 14.4. The monoisotopic (exact) mass is 866 g/mol. The van der Waals surface area contributed by atoms with Crippen molar-refractivity contribution in [2.75, 3.05) is 40.9 Å². The number of quaternary nitrogens is 1. The van der Waals surface area contributed by atoms with Crippen LogP contribution in [0.25, 0.3) is 0 Å². The number of phosphoric acid groups is 1. The number of aliphatic hydroxyl groups is 1. The van der Waals surface area contributed by atoms with Gasteiger partial charge in [-0.25, -0.2) is 4.57 Å². The van der Waals surface area contributed by atoms with Crippen molar-refractivity contribution in [1.29, 1.82) is 0 Å². The molecule has 60 heavy (non-hydrogen) atoms. The molecule has 8 nitrogen and oxygen atoms in total. The van der Waals surface area contributed by atoms with Gasteiger partial charge < -0.3 is 19.8 Å². The van der Waals surface area contributed by atoms with E-state index in [1.807, 2.05) is 27.2 Å². The molecule has 9 heteroatoms. The Morgan fingerprint density at radius 1 is 0.550 bits per heavy atom. The Bertz CT molecular complexity index is 1120. The molecule has 0 radical (unpaired) electrons. The Hall–Kier alpha value is -1.54. The number of hydrogen-bond acceptors (Lipinski definition) is 5. The summed E-state index contributed by atoms with van der Waals surface area (Å²) in [4.78, 5) is 23.2. The second kappa shape index (κ2) is 42.7. The highest BCUT2D eigenvalue weighted by molar-refractivity contribution is 7.47. The van der Waals surface area contributed by atoms with Crippen molar-refractivity contribution >= 4 is 13.7 Å². The fourth-order valence-electron chi connectivity index (χ4n) is 7.01. The summed E-state index contributed by atoms with van der Waals surface area (Å²) in [5, 5.41) is 13.8. The van der Waals surface area contributed by atoms with Gasteiger partial charge in [0.2, 0.25) is 5.91 Å². The lowest BCUT2D eigenvalue weighted by Gasteiger charge is -2.25. The SMILES string of the molecule is CCCCCCCCC/C=C\CCCCCCCCCC(=O)NC(COP(=O)(O)OCC[N+](C)(C)C)C(O)/C=C/CC/C=C/CC/C=C/CCCCCCCCCCCC. The third-order valence-electron chi connectivity index (χ3n) is 11.0. The molecule has 0 bridgehead atoms. The van der Waals surface area contributed by atoms with E-state index in [9.17, 15) is 19.4 Å². The summed E-state index contributed by atoms with van der Waals surface area (Å²) < 4.78 is 23.6. The van der Waals surface area contributed by atoms with Crippen LogP contribution in [0.2, 0.25) is 0 Å². The van der Waals surface area contributed by atoms with Crippen molar-refractivity contribution in [2.45, 2.75) is 231 Å². The number of unbranched alkanes of at least 4 members (excludes halogenated alkanes) is 26. The zero-order valence-corrected chi connectivity index (χ0v) is 40.8. The number of rotatable bonds is 45. The summed E-state index contributed by atoms with van der Waals surface area (Å²) in [5.74, 6) is -0.196. The van der Waals surface area contributed by atoms with Gasteiger partial charge in [0, 0.05) is 6.42 Å². The number of aliphatic hydroxyl groups excluding tert-OH is 1. The summed E-state index contributed by atoms with van der Waals surface area (Å²) in [6.07, 6.45) is 54.8. The van der Waals surface area contributed by atoms with Gasteiger partial charge in [-0.2, -0.15) is 0 Å². The van der Waals surface area contributed by atoms with Crippen LogP contribution in [0.4, 0.5) is 0 Å². The Labute approximate surface area is 371 Å². The molecule has 0 aliphatic rings. The van der Waals surface area contributed by atoms with Gasteiger partial charge in [-0.1, -0.05) is 191 Å². The quantitative estimate of drug-likeness (QED) is 0.0244. The number of nitrogens with zero attached hydrogens (tertiary/aromatic N) is 1. The number of phosphoric ester groups is 1. The Kier molecular flexibility index (Phi) is 41.6. The highest BCUT2D eigenvalue weighted by Gasteiger charge is 2.27. The lowest BCUT2D eigenvalue weighted by Crippen LogP contribution is -2.45. The number of hydrogen-bond donors (Lipinski definition) is 3. The molecule has 3 unspecified atom stereocenters. The summed E-state index contributed by atoms with van der Waals surface area (Å²) in [7, 11) is 1.54. The van der Waals surface area contributed by atoms with Gasteiger partial charge >= 0.3 is 7.82 Å². The zero-order chi connectivity index (χ0) is 44.3. The fraction of sp³-hybridized carbons (Fsp3) is 0.824. The van der Waals surface area contributed by atoms with E-state index in [4.69, 9.17) is 9.05 Å². The van der Waals surface area contributed by atoms with Crippen molar-refractivity contribution in [3.63, 3.8) is 0 Å². The van der Waals surface area contributed by atoms with Crippen LogP contribution in [0.1, 0.15) is 219 Å². The molecule has 0 aromatic rings. The predicted molar refractivity (Wildman–Crippen MR) is 258 cm³/mol. The van der Waals surface area contributed by atoms with Crippen LogP contribution in [-0.2, 0) is 18.4 Å². The Balaban J connectivity index is 4.43. The number of nitrogens with one attached hydrogen (secondary N) is 1. The van der Waals surface area contributed by atoms with Crippen LogP contribution < -0.4 is 5.32 Å². The van der Waals surface area contributed by atoms with Gasteiger partial charge in [-0.05, 0) is 70.6 Å². The molecule has 3 N–H and O–H groups in total. The van der Waals surface area contributed by atoms with E-state index >= 15 is 0 Å². The molecule has 0 rings (SSSR count). The van der Waals surface area contributed by atoms with Crippen molar-refractivity contribution in [3.05, 3.63) is 48.6 Å². The van der Waals surface area contributed by atoms with Crippen molar-refractivity contribution < 1.29 is 32.9 Å². The van der Waals surface area contributed by atoms with Crippen LogP contribution in [0.3, 0.4) is 0 Å². The summed E-state index contributed by atoms with van der Waals surface area (Å²) in [5.41, 5.74) is 0. The highest BCUT2D eigenvalue weighted by Crippen LogP contribution is 2.43. The van der Waals surface area contributed by atoms with Crippen molar-refractivity contribution in [3.8, 4) is 0 Å². The van der Waals surface area contributed by atoms with E-state index in [0.29, 0.717) is 17.4 Å². The lowest BCUT2D eigenvalue weighted by molar-refractivity contribution is -0.870. The molecule has 3 atom stereocenters. The number of likely N-dealkylation sites (N-methyl/N-ethyl adjacent to an activating group) is 1. The number of allylic oxidation sites excluding steroid dienone is 7. The van der Waals surface area contributed by atoms with Crippen LogP contribution in [0, 0.1) is 0 Å². The molecule has 0 aromatic heterocycles. The molecule has 0 aromatic carbocycles. The summed E-state index contributed by atoms with van der Waals surface area (Å²) >= 11 is 0. The van der Waals surface area contributed by atoms with Crippen LogP contribution in [0.15, 0.2) is 48.6 Å². The normalized spacial score (nSPS) is 14.6. The van der Waals surface area contributed by atoms with Gasteiger partial charge in [0.25, 0.3) is 0 Å². The van der Waals surface area contributed by atoms with Crippen LogP contribution in [0.5, 0.6) is 0 Å². The van der Waals surface area contributed by atoms with E-state index in [0.717, 1.165) is 44.9 Å². The average molecular weight is 866 g/mol. The van der Waals surface area contributed by atoms with Gasteiger partial charge in [0.15, 0.2) is 0 Å². The minimum Gasteiger partial charge on any atom is -0.387 e. The average Bonchev–Trinajstić information content (AvgIpc) is 3.20. The summed E-state index contributed by atoms with van der Waals surface area (Å²) in [6.45, 7) is 4.78. The maximum absolute atomic E-state index is 12.9.